The number of H-pyrrole nitrogens is 2. The maximum Gasteiger partial charge on any atom is 0.135 e. The van der Waals surface area contributed by atoms with E-state index in [-0.39, 0.29) is 0 Å². The van der Waals surface area contributed by atoms with E-state index < -0.39 is 0 Å². The molecule has 6 aromatic heterocycles. The molecule has 7 heteroatoms. The zero-order chi connectivity index (χ0) is 20.1. The molecule has 0 unspecified atom stereocenters. The lowest BCUT2D eigenvalue weighted by molar-refractivity contribution is 1.12. The SMILES string of the molecule is Cc1ccncc1-c1ccc2[nH]nc(-c3cc4c(-c5cccs5)cncc4[nH]3)c2n1. The summed E-state index contributed by atoms with van der Waals surface area (Å²) in [5.41, 5.74) is 8.56. The monoisotopic (exact) mass is 408 g/mol. The van der Waals surface area contributed by atoms with Crippen LogP contribution in [-0.4, -0.2) is 30.1 Å². The lowest BCUT2D eigenvalue weighted by Crippen LogP contribution is -1.89. The van der Waals surface area contributed by atoms with Crippen molar-refractivity contribution in [1.82, 2.24) is 30.1 Å². The molecule has 0 fully saturated rings. The zero-order valence-electron chi connectivity index (χ0n) is 16.0. The van der Waals surface area contributed by atoms with Gasteiger partial charge in [0.05, 0.1) is 28.6 Å². The van der Waals surface area contributed by atoms with Crippen molar-refractivity contribution in [3.05, 3.63) is 72.1 Å². The maximum absolute atomic E-state index is 4.92. The average molecular weight is 408 g/mol. The topological polar surface area (TPSA) is 83.1 Å². The van der Waals surface area contributed by atoms with E-state index in [4.69, 9.17) is 4.98 Å². The standard InChI is InChI=1S/C23H16N6S/c1-13-6-7-24-10-15(13)17-4-5-18-22(27-17)23(29-28-18)19-9-14-16(21-3-2-8-30-21)11-25-12-20(14)26-19/h2-12,26H,1H3,(H,28,29). The fourth-order valence-electron chi connectivity index (χ4n) is 3.78. The predicted octanol–water partition coefficient (Wildman–Crippen LogP) is 5.60. The summed E-state index contributed by atoms with van der Waals surface area (Å²) in [6, 6.07) is 12.3. The van der Waals surface area contributed by atoms with Crippen LogP contribution in [0.1, 0.15) is 5.56 Å². The Labute approximate surface area is 175 Å². The summed E-state index contributed by atoms with van der Waals surface area (Å²) in [5, 5.41) is 10.9. The number of hydrogen-bond acceptors (Lipinski definition) is 5. The van der Waals surface area contributed by atoms with Crippen LogP contribution in [0.5, 0.6) is 0 Å². The molecule has 0 aliphatic heterocycles. The van der Waals surface area contributed by atoms with E-state index in [1.807, 2.05) is 36.8 Å². The second-order valence-corrected chi connectivity index (χ2v) is 8.11. The van der Waals surface area contributed by atoms with E-state index in [1.165, 1.54) is 4.88 Å². The van der Waals surface area contributed by atoms with E-state index in [0.717, 1.165) is 55.7 Å². The van der Waals surface area contributed by atoms with Crippen LogP contribution in [0, 0.1) is 6.92 Å². The van der Waals surface area contributed by atoms with Gasteiger partial charge in [0.1, 0.15) is 11.2 Å². The van der Waals surface area contributed by atoms with Gasteiger partial charge in [-0.15, -0.1) is 11.3 Å². The Kier molecular flexibility index (Phi) is 3.75. The van der Waals surface area contributed by atoms with Gasteiger partial charge in [-0.3, -0.25) is 15.1 Å². The van der Waals surface area contributed by atoms with Crippen molar-refractivity contribution in [2.24, 2.45) is 0 Å². The van der Waals surface area contributed by atoms with Gasteiger partial charge in [-0.1, -0.05) is 6.07 Å². The molecule has 6 rings (SSSR count). The van der Waals surface area contributed by atoms with E-state index in [2.05, 4.69) is 55.7 Å². The second-order valence-electron chi connectivity index (χ2n) is 7.16. The highest BCUT2D eigenvalue weighted by atomic mass is 32.1. The summed E-state index contributed by atoms with van der Waals surface area (Å²) in [6.45, 7) is 2.07. The molecule has 2 N–H and O–H groups in total. The van der Waals surface area contributed by atoms with Gasteiger partial charge in [0.2, 0.25) is 0 Å². The number of pyridine rings is 3. The first-order chi connectivity index (χ1) is 14.8. The van der Waals surface area contributed by atoms with E-state index in [9.17, 15) is 0 Å². The highest BCUT2D eigenvalue weighted by molar-refractivity contribution is 7.13. The Hall–Kier alpha value is -3.84. The molecule has 0 saturated heterocycles. The van der Waals surface area contributed by atoms with Gasteiger partial charge in [-0.05, 0) is 48.2 Å². The van der Waals surface area contributed by atoms with Gasteiger partial charge in [0.25, 0.3) is 0 Å². The quantitative estimate of drug-likeness (QED) is 0.399. The highest BCUT2D eigenvalue weighted by Gasteiger charge is 2.16. The lowest BCUT2D eigenvalue weighted by Gasteiger charge is -2.04. The molecular formula is C23H16N6S. The smallest absolute Gasteiger partial charge is 0.135 e. The third kappa shape index (κ3) is 2.63. The van der Waals surface area contributed by atoms with Crippen LogP contribution < -0.4 is 0 Å². The lowest BCUT2D eigenvalue weighted by atomic mass is 10.1. The largest absolute Gasteiger partial charge is 0.352 e. The van der Waals surface area contributed by atoms with Gasteiger partial charge in [-0.25, -0.2) is 4.98 Å². The third-order valence-corrected chi connectivity index (χ3v) is 6.21. The van der Waals surface area contributed by atoms with Crippen molar-refractivity contribution in [2.45, 2.75) is 6.92 Å². The van der Waals surface area contributed by atoms with E-state index in [1.54, 1.807) is 17.5 Å². The van der Waals surface area contributed by atoms with Crippen LogP contribution in [0.25, 0.3) is 55.0 Å². The highest BCUT2D eigenvalue weighted by Crippen LogP contribution is 2.35. The molecule has 0 atom stereocenters. The summed E-state index contributed by atoms with van der Waals surface area (Å²) in [7, 11) is 0. The van der Waals surface area contributed by atoms with Crippen molar-refractivity contribution < 1.29 is 0 Å². The first-order valence-electron chi connectivity index (χ1n) is 9.55. The number of thiophene rings is 1. The van der Waals surface area contributed by atoms with E-state index in [0.29, 0.717) is 0 Å². The van der Waals surface area contributed by atoms with Crippen LogP contribution in [-0.2, 0) is 0 Å². The number of aryl methyl sites for hydroxylation is 1. The zero-order valence-corrected chi connectivity index (χ0v) is 16.9. The van der Waals surface area contributed by atoms with Gasteiger partial charge < -0.3 is 4.98 Å². The molecular weight excluding hydrogens is 392 g/mol. The number of hydrogen-bond donors (Lipinski definition) is 2. The number of nitrogens with one attached hydrogen (secondary N) is 2. The van der Waals surface area contributed by atoms with Crippen LogP contribution in [0.3, 0.4) is 0 Å². The molecule has 0 spiro atoms. The molecule has 6 nitrogen and oxygen atoms in total. The fraction of sp³-hybridized carbons (Fsp3) is 0.0435. The Morgan fingerprint density at radius 1 is 0.933 bits per heavy atom. The Morgan fingerprint density at radius 2 is 1.87 bits per heavy atom. The molecule has 0 bridgehead atoms. The molecule has 30 heavy (non-hydrogen) atoms. The Balaban J connectivity index is 1.53. The minimum Gasteiger partial charge on any atom is -0.352 e. The number of fused-ring (bicyclic) bond motifs is 2. The summed E-state index contributed by atoms with van der Waals surface area (Å²) in [4.78, 5) is 18.3. The normalized spacial score (nSPS) is 11.5. The van der Waals surface area contributed by atoms with Crippen LogP contribution in [0.15, 0.2) is 66.6 Å². The van der Waals surface area contributed by atoms with Gasteiger partial charge >= 0.3 is 0 Å². The molecule has 0 amide bonds. The van der Waals surface area contributed by atoms with Crippen molar-refractivity contribution >= 4 is 33.3 Å². The van der Waals surface area contributed by atoms with Crippen LogP contribution >= 0.6 is 11.3 Å². The summed E-state index contributed by atoms with van der Waals surface area (Å²) < 4.78 is 0. The third-order valence-electron chi connectivity index (χ3n) is 5.31. The molecule has 144 valence electrons. The summed E-state index contributed by atoms with van der Waals surface area (Å²) >= 11 is 1.71. The van der Waals surface area contributed by atoms with E-state index >= 15 is 0 Å². The first-order valence-corrected chi connectivity index (χ1v) is 10.4. The minimum atomic E-state index is 0.793. The number of nitrogens with zero attached hydrogens (tertiary/aromatic N) is 4. The molecule has 6 heterocycles. The summed E-state index contributed by atoms with van der Waals surface area (Å²) in [6.07, 6.45) is 7.41. The minimum absolute atomic E-state index is 0.793. The number of aromatic amines is 2. The van der Waals surface area contributed by atoms with Crippen LogP contribution in [0.4, 0.5) is 0 Å². The van der Waals surface area contributed by atoms with Gasteiger partial charge in [0, 0.05) is 40.0 Å². The molecule has 0 radical (unpaired) electrons. The first kappa shape index (κ1) is 17.1. The molecule has 6 aromatic rings. The Bertz CT molecular complexity index is 1510. The molecule has 0 aliphatic carbocycles. The van der Waals surface area contributed by atoms with Crippen molar-refractivity contribution in [3.63, 3.8) is 0 Å². The predicted molar refractivity (Wildman–Crippen MR) is 120 cm³/mol. The molecule has 0 saturated carbocycles. The van der Waals surface area contributed by atoms with Crippen molar-refractivity contribution in [1.29, 1.82) is 0 Å². The van der Waals surface area contributed by atoms with Gasteiger partial charge in [0.15, 0.2) is 0 Å². The van der Waals surface area contributed by atoms with Crippen LogP contribution in [0.2, 0.25) is 0 Å². The second kappa shape index (κ2) is 6.60. The number of rotatable bonds is 3. The summed E-state index contributed by atoms with van der Waals surface area (Å²) in [5.74, 6) is 0. The molecule has 0 aromatic carbocycles. The van der Waals surface area contributed by atoms with Crippen molar-refractivity contribution in [3.8, 4) is 33.1 Å². The van der Waals surface area contributed by atoms with Crippen molar-refractivity contribution in [2.75, 3.05) is 0 Å². The Morgan fingerprint density at radius 3 is 2.73 bits per heavy atom. The molecule has 0 aliphatic rings. The fourth-order valence-corrected chi connectivity index (χ4v) is 4.53. The van der Waals surface area contributed by atoms with Gasteiger partial charge in [-0.2, -0.15) is 5.10 Å². The number of aromatic nitrogens is 6. The maximum atomic E-state index is 4.92. The average Bonchev–Trinajstić information content (AvgIpc) is 3.51.